The topological polar surface area (TPSA) is 147 Å². The highest BCUT2D eigenvalue weighted by Crippen LogP contribution is 2.40. The molecule has 2 N–H and O–H groups in total. The summed E-state index contributed by atoms with van der Waals surface area (Å²) in [6.45, 7) is 4.97. The lowest BCUT2D eigenvalue weighted by Crippen LogP contribution is -2.51. The number of imide groups is 1. The number of unbranched alkanes of at least 4 members (excludes halogenated alkanes) is 3. The molecule has 2 aliphatic heterocycles. The number of hydrogen-bond acceptors (Lipinski definition) is 8. The molecule has 2 fully saturated rings. The zero-order chi connectivity index (χ0) is 43.7. The number of halogens is 3. The number of amides is 5. The quantitative estimate of drug-likeness (QED) is 0.105. The molecule has 0 spiro atoms. The molecule has 3 aromatic rings. The summed E-state index contributed by atoms with van der Waals surface area (Å²) in [6.07, 6.45) is 6.40. The number of piperidine rings is 1. The van der Waals surface area contributed by atoms with Crippen LogP contribution < -0.4 is 20.1 Å². The lowest BCUT2D eigenvalue weighted by molar-refractivity contribution is -0.183. The van der Waals surface area contributed by atoms with Crippen LogP contribution >= 0.6 is 0 Å². The zero-order valence-electron chi connectivity index (χ0n) is 34.5. The first-order valence-corrected chi connectivity index (χ1v) is 20.7. The molecular weight excluding hydrogens is 792 g/mol. The van der Waals surface area contributed by atoms with Crippen molar-refractivity contribution in [3.05, 3.63) is 107 Å². The fourth-order valence-corrected chi connectivity index (χ4v) is 7.93. The van der Waals surface area contributed by atoms with Crippen molar-refractivity contribution in [2.45, 2.75) is 89.4 Å². The highest BCUT2D eigenvalue weighted by Gasteiger charge is 2.44. The zero-order valence-corrected chi connectivity index (χ0v) is 34.5. The maximum Gasteiger partial charge on any atom is 0.391 e. The summed E-state index contributed by atoms with van der Waals surface area (Å²) >= 11 is 0. The van der Waals surface area contributed by atoms with Crippen LogP contribution in [-0.4, -0.2) is 83.8 Å². The molecule has 0 bridgehead atoms. The number of carbonyl (C=O) groups excluding carboxylic acids is 5. The number of carbonyl (C=O) groups is 5. The summed E-state index contributed by atoms with van der Waals surface area (Å²) < 4.78 is 50.5. The third kappa shape index (κ3) is 11.4. The van der Waals surface area contributed by atoms with E-state index in [-0.39, 0.29) is 54.5 Å². The lowest BCUT2D eigenvalue weighted by Gasteiger charge is -2.29. The number of benzene rings is 2. The number of nitrogens with one attached hydrogen (secondary N) is 2. The van der Waals surface area contributed by atoms with Crippen molar-refractivity contribution in [2.24, 2.45) is 11.8 Å². The second-order valence-corrected chi connectivity index (χ2v) is 15.9. The fraction of sp³-hybridized carbons (Fsp3) is 0.435. The van der Waals surface area contributed by atoms with Crippen LogP contribution in [0.3, 0.4) is 0 Å². The standard InChI is InChI=1S/C46H52F3N5O7/c1-29-11-20-39(43(57)52-29)54-44(58)36-19-18-35(26-37(36)45(54)59)61-22-7-5-4-6-21-53(2)41(55)24-31-9-8-10-32(23-31)27-51-42(56)38-25-33(40(60-3)28-50-38)15-12-30-13-16-34(17-14-30)46(47,48)49/h8-10,12,15,18-19,23,25-26,28,30,34,39H,1,4-7,11,13-14,16-17,20-22,24,27H2,2-3H3,(H,51,56)(H,52,57)/b15-12+/t30-,34-,39?. The molecule has 1 unspecified atom stereocenters. The Morgan fingerprint density at radius 1 is 0.967 bits per heavy atom. The molecule has 1 atom stereocenters. The number of ether oxygens (including phenoxy) is 2. The van der Waals surface area contributed by atoms with E-state index in [4.69, 9.17) is 9.47 Å². The summed E-state index contributed by atoms with van der Waals surface area (Å²) in [5.41, 5.74) is 3.46. The molecule has 15 heteroatoms. The number of pyridine rings is 1. The molecule has 3 aliphatic rings. The van der Waals surface area contributed by atoms with Gasteiger partial charge in [0.25, 0.3) is 17.7 Å². The maximum atomic E-state index is 13.1. The van der Waals surface area contributed by atoms with Gasteiger partial charge in [-0.25, -0.2) is 4.98 Å². The summed E-state index contributed by atoms with van der Waals surface area (Å²) in [7, 11) is 3.26. The van der Waals surface area contributed by atoms with Crippen molar-refractivity contribution in [3.63, 3.8) is 0 Å². The third-order valence-corrected chi connectivity index (χ3v) is 11.5. The van der Waals surface area contributed by atoms with Crippen LogP contribution in [0.5, 0.6) is 11.5 Å². The summed E-state index contributed by atoms with van der Waals surface area (Å²) in [4.78, 5) is 71.7. The summed E-state index contributed by atoms with van der Waals surface area (Å²) in [6, 6.07) is 13.0. The van der Waals surface area contributed by atoms with Crippen molar-refractivity contribution >= 4 is 35.6 Å². The molecule has 61 heavy (non-hydrogen) atoms. The predicted molar refractivity (Wildman–Crippen MR) is 221 cm³/mol. The van der Waals surface area contributed by atoms with Crippen LogP contribution in [0.15, 0.2) is 73.1 Å². The van der Waals surface area contributed by atoms with E-state index in [1.165, 1.54) is 13.3 Å². The second kappa shape index (κ2) is 20.0. The Labute approximate surface area is 353 Å². The number of likely N-dealkylation sites (N-methyl/N-ethyl adjacent to an activating group) is 1. The Balaban J connectivity index is 0.887. The molecule has 5 amide bonds. The van der Waals surface area contributed by atoms with Crippen LogP contribution in [0, 0.1) is 11.8 Å². The van der Waals surface area contributed by atoms with Gasteiger partial charge >= 0.3 is 6.18 Å². The van der Waals surface area contributed by atoms with Crippen molar-refractivity contribution in [1.29, 1.82) is 0 Å². The minimum Gasteiger partial charge on any atom is -0.495 e. The first-order chi connectivity index (χ1) is 29.2. The van der Waals surface area contributed by atoms with Gasteiger partial charge in [-0.1, -0.05) is 55.8 Å². The molecular formula is C46H52F3N5O7. The van der Waals surface area contributed by atoms with Gasteiger partial charge in [0, 0.05) is 31.4 Å². The smallest absolute Gasteiger partial charge is 0.391 e. The normalized spacial score (nSPS) is 19.2. The number of hydrogen-bond donors (Lipinski definition) is 2. The highest BCUT2D eigenvalue weighted by atomic mass is 19.4. The average Bonchev–Trinajstić information content (AvgIpc) is 3.48. The van der Waals surface area contributed by atoms with Gasteiger partial charge in [0.05, 0.1) is 43.4 Å². The minimum absolute atomic E-state index is 0.00955. The van der Waals surface area contributed by atoms with Gasteiger partial charge in [-0.15, -0.1) is 0 Å². The van der Waals surface area contributed by atoms with Gasteiger partial charge in [-0.2, -0.15) is 13.2 Å². The van der Waals surface area contributed by atoms with E-state index in [0.717, 1.165) is 41.7 Å². The van der Waals surface area contributed by atoms with E-state index in [1.54, 1.807) is 42.3 Å². The molecule has 324 valence electrons. The Hall–Kier alpha value is -5.99. The Bertz CT molecular complexity index is 2160. The maximum absolute atomic E-state index is 13.1. The Morgan fingerprint density at radius 2 is 1.70 bits per heavy atom. The van der Waals surface area contributed by atoms with Crippen LogP contribution in [0.25, 0.3) is 6.08 Å². The molecule has 1 aliphatic carbocycles. The van der Waals surface area contributed by atoms with Gasteiger partial charge in [0.2, 0.25) is 11.8 Å². The third-order valence-electron chi connectivity index (χ3n) is 11.5. The van der Waals surface area contributed by atoms with Crippen LogP contribution in [0.4, 0.5) is 13.2 Å². The van der Waals surface area contributed by atoms with Crippen molar-refractivity contribution < 1.29 is 46.6 Å². The molecule has 1 saturated carbocycles. The van der Waals surface area contributed by atoms with Crippen molar-refractivity contribution in [2.75, 3.05) is 27.3 Å². The number of fused-ring (bicyclic) bond motifs is 1. The molecule has 6 rings (SSSR count). The SMILES string of the molecule is C=C1CCC(N2C(=O)c3ccc(OCCCCCCN(C)C(=O)Cc4cccc(CNC(=O)c5cc(/C=C/[C@H]6CC[C@H](C(F)(F)F)CC6)c(OC)cn5)c4)cc3C2=O)C(=O)N1. The molecule has 0 radical (unpaired) electrons. The average molecular weight is 844 g/mol. The lowest BCUT2D eigenvalue weighted by atomic mass is 9.81. The van der Waals surface area contributed by atoms with Crippen LogP contribution in [0.2, 0.25) is 0 Å². The van der Waals surface area contributed by atoms with Gasteiger partial charge in [0.1, 0.15) is 23.2 Å². The molecule has 12 nitrogen and oxygen atoms in total. The summed E-state index contributed by atoms with van der Waals surface area (Å²) in [5.74, 6) is -2.16. The van der Waals surface area contributed by atoms with Crippen molar-refractivity contribution in [1.82, 2.24) is 25.4 Å². The Morgan fingerprint density at radius 3 is 2.44 bits per heavy atom. The van der Waals surface area contributed by atoms with E-state index in [9.17, 15) is 37.1 Å². The summed E-state index contributed by atoms with van der Waals surface area (Å²) in [5, 5.41) is 5.50. The number of rotatable bonds is 17. The number of allylic oxidation sites excluding steroid dienone is 2. The number of methoxy groups -OCH3 is 1. The molecule has 1 saturated heterocycles. The number of aromatic nitrogens is 1. The fourth-order valence-electron chi connectivity index (χ4n) is 7.93. The molecule has 3 heterocycles. The van der Waals surface area contributed by atoms with Gasteiger partial charge in [0.15, 0.2) is 0 Å². The molecule has 1 aromatic heterocycles. The van der Waals surface area contributed by atoms with E-state index >= 15 is 0 Å². The van der Waals surface area contributed by atoms with E-state index in [2.05, 4.69) is 22.2 Å². The largest absolute Gasteiger partial charge is 0.495 e. The first-order valence-electron chi connectivity index (χ1n) is 20.7. The van der Waals surface area contributed by atoms with Crippen LogP contribution in [-0.2, 0) is 22.6 Å². The van der Waals surface area contributed by atoms with E-state index in [0.29, 0.717) is 61.6 Å². The number of nitrogens with zero attached hydrogens (tertiary/aromatic N) is 3. The van der Waals surface area contributed by atoms with Crippen LogP contribution in [0.1, 0.15) is 112 Å². The Kier molecular flexibility index (Phi) is 14.6. The second-order valence-electron chi connectivity index (χ2n) is 15.9. The predicted octanol–water partition coefficient (Wildman–Crippen LogP) is 7.43. The molecule has 2 aromatic carbocycles. The number of alkyl halides is 3. The van der Waals surface area contributed by atoms with Gasteiger partial charge < -0.3 is 25.0 Å². The van der Waals surface area contributed by atoms with Gasteiger partial charge in [-0.05, 0) is 92.7 Å². The van der Waals surface area contributed by atoms with Gasteiger partial charge in [-0.3, -0.25) is 28.9 Å². The van der Waals surface area contributed by atoms with Crippen molar-refractivity contribution in [3.8, 4) is 11.5 Å². The van der Waals surface area contributed by atoms with E-state index < -0.39 is 41.8 Å². The minimum atomic E-state index is -4.16. The highest BCUT2D eigenvalue weighted by molar-refractivity contribution is 6.23. The first kappa shape index (κ1) is 44.6. The van der Waals surface area contributed by atoms with E-state index in [1.807, 2.05) is 30.3 Å². The monoisotopic (exact) mass is 843 g/mol.